The van der Waals surface area contributed by atoms with Gasteiger partial charge in [-0.25, -0.2) is 0 Å². The van der Waals surface area contributed by atoms with E-state index in [9.17, 15) is 0 Å². The van der Waals surface area contributed by atoms with Gasteiger partial charge in [0.2, 0.25) is 0 Å². The lowest BCUT2D eigenvalue weighted by Crippen LogP contribution is -2.60. The highest BCUT2D eigenvalue weighted by molar-refractivity contribution is 7.99. The highest BCUT2D eigenvalue weighted by Gasteiger charge is 2.48. The van der Waals surface area contributed by atoms with Crippen LogP contribution in [0.15, 0.2) is 97.1 Å². The average Bonchev–Trinajstić information content (AvgIpc) is 3.17. The van der Waals surface area contributed by atoms with Crippen LogP contribution >= 0.6 is 11.8 Å². The maximum absolute atomic E-state index is 6.82. The van der Waals surface area contributed by atoms with Crippen molar-refractivity contribution in [3.8, 4) is 23.0 Å². The fourth-order valence-corrected chi connectivity index (χ4v) is 6.61. The van der Waals surface area contributed by atoms with Crippen LogP contribution < -0.4 is 18.9 Å². The van der Waals surface area contributed by atoms with E-state index in [2.05, 4.69) is 6.92 Å². The van der Waals surface area contributed by atoms with Gasteiger partial charge in [0, 0.05) is 0 Å². The second kappa shape index (κ2) is 19.6. The Morgan fingerprint density at radius 3 is 1.22 bits per heavy atom. The van der Waals surface area contributed by atoms with Crippen LogP contribution in [0.3, 0.4) is 0 Å². The van der Waals surface area contributed by atoms with Gasteiger partial charge >= 0.3 is 0 Å². The van der Waals surface area contributed by atoms with Crippen molar-refractivity contribution >= 4 is 11.8 Å². The number of ether oxygens (including phenoxy) is 9. The van der Waals surface area contributed by atoms with Gasteiger partial charge in [-0.1, -0.05) is 55.5 Å². The summed E-state index contributed by atoms with van der Waals surface area (Å²) in [6, 6.07) is 31.5. The fraction of sp³-hybridized carbons (Fsp3) is 0.400. The van der Waals surface area contributed by atoms with E-state index in [1.54, 1.807) is 40.2 Å². The van der Waals surface area contributed by atoms with Gasteiger partial charge in [0.15, 0.2) is 0 Å². The summed E-state index contributed by atoms with van der Waals surface area (Å²) in [7, 11) is 6.63. The number of methoxy groups -OCH3 is 4. The summed E-state index contributed by atoms with van der Waals surface area (Å²) in [6.07, 6.45) is -1.88. The molecule has 0 bridgehead atoms. The van der Waals surface area contributed by atoms with Crippen LogP contribution in [-0.4, -0.2) is 70.7 Å². The molecule has 1 heterocycles. The third-order valence-electron chi connectivity index (χ3n) is 8.44. The summed E-state index contributed by atoms with van der Waals surface area (Å²) in [5, 5.41) is 0. The lowest BCUT2D eigenvalue weighted by atomic mass is 9.98. The Bertz CT molecular complexity index is 1530. The molecule has 0 radical (unpaired) electrons. The highest BCUT2D eigenvalue weighted by atomic mass is 32.2. The Labute approximate surface area is 300 Å². The molecule has 50 heavy (non-hydrogen) atoms. The predicted molar refractivity (Wildman–Crippen MR) is 194 cm³/mol. The molecule has 10 heteroatoms. The summed E-state index contributed by atoms with van der Waals surface area (Å²) in [4.78, 5) is 0. The van der Waals surface area contributed by atoms with Gasteiger partial charge in [0.05, 0.1) is 61.5 Å². The van der Waals surface area contributed by atoms with Crippen molar-refractivity contribution in [3.05, 3.63) is 119 Å². The molecule has 1 aliphatic heterocycles. The van der Waals surface area contributed by atoms with E-state index in [0.29, 0.717) is 33.0 Å². The van der Waals surface area contributed by atoms with Crippen LogP contribution in [0.4, 0.5) is 0 Å². The molecule has 2 unspecified atom stereocenters. The minimum atomic E-state index is -0.513. The van der Waals surface area contributed by atoms with Crippen molar-refractivity contribution in [3.63, 3.8) is 0 Å². The Kier molecular flexibility index (Phi) is 14.7. The molecule has 0 spiro atoms. The first-order valence-electron chi connectivity index (χ1n) is 16.7. The van der Waals surface area contributed by atoms with E-state index in [1.165, 1.54) is 0 Å². The Hall–Kier alpha value is -3.77. The van der Waals surface area contributed by atoms with Crippen molar-refractivity contribution < 1.29 is 42.6 Å². The first-order chi connectivity index (χ1) is 24.5. The van der Waals surface area contributed by atoms with Crippen molar-refractivity contribution in [2.45, 2.75) is 63.2 Å². The zero-order valence-corrected chi connectivity index (χ0v) is 30.3. The predicted octanol–water partition coefficient (Wildman–Crippen LogP) is 7.47. The van der Waals surface area contributed by atoms with Crippen LogP contribution in [0.5, 0.6) is 23.0 Å². The Morgan fingerprint density at radius 1 is 0.480 bits per heavy atom. The number of hydrogen-bond donors (Lipinski definition) is 0. The molecule has 1 fully saturated rings. The van der Waals surface area contributed by atoms with Gasteiger partial charge in [-0.3, -0.25) is 0 Å². The lowest BCUT2D eigenvalue weighted by molar-refractivity contribution is -0.254. The molecule has 9 nitrogen and oxygen atoms in total. The van der Waals surface area contributed by atoms with E-state index in [4.69, 9.17) is 42.6 Å². The molecule has 5 atom stereocenters. The molecule has 5 rings (SSSR count). The summed E-state index contributed by atoms with van der Waals surface area (Å²) in [5.74, 6) is 3.99. The fourth-order valence-electron chi connectivity index (χ4n) is 5.64. The third kappa shape index (κ3) is 10.6. The molecule has 4 aromatic carbocycles. The van der Waals surface area contributed by atoms with Crippen molar-refractivity contribution in [1.82, 2.24) is 0 Å². The summed E-state index contributed by atoms with van der Waals surface area (Å²) >= 11 is 1.69. The minimum Gasteiger partial charge on any atom is -0.497 e. The second-order valence-corrected chi connectivity index (χ2v) is 13.1. The topological polar surface area (TPSA) is 83.1 Å². The van der Waals surface area contributed by atoms with Crippen LogP contribution in [0, 0.1) is 0 Å². The van der Waals surface area contributed by atoms with Crippen LogP contribution in [-0.2, 0) is 50.1 Å². The maximum Gasteiger partial charge on any atom is 0.132 e. The Balaban J connectivity index is 1.41. The van der Waals surface area contributed by atoms with Crippen LogP contribution in [0.25, 0.3) is 0 Å². The van der Waals surface area contributed by atoms with Crippen LogP contribution in [0.2, 0.25) is 0 Å². The highest BCUT2D eigenvalue weighted by Crippen LogP contribution is 2.36. The molecule has 1 saturated heterocycles. The molecule has 1 aliphatic rings. The lowest BCUT2D eigenvalue weighted by Gasteiger charge is -2.46. The molecular formula is C40H48O9S. The van der Waals surface area contributed by atoms with E-state index >= 15 is 0 Å². The van der Waals surface area contributed by atoms with E-state index in [-0.39, 0.29) is 5.44 Å². The SMILES string of the molecule is CCS[C@@H]1OC(COCc2ccc(OC)cc2)[C@H](OCc2ccc(OC)cc2)[C@@H](OCc2ccc(OC)cc2)C1OCc1ccc(OC)cc1. The van der Waals surface area contributed by atoms with Gasteiger partial charge in [0.1, 0.15) is 52.8 Å². The monoisotopic (exact) mass is 704 g/mol. The largest absolute Gasteiger partial charge is 0.497 e. The molecule has 0 aliphatic carbocycles. The number of thioether (sulfide) groups is 1. The smallest absolute Gasteiger partial charge is 0.132 e. The maximum atomic E-state index is 6.82. The molecule has 0 N–H and O–H groups in total. The van der Waals surface area contributed by atoms with Gasteiger partial charge in [-0.2, -0.15) is 0 Å². The molecule has 0 amide bonds. The van der Waals surface area contributed by atoms with Gasteiger partial charge in [-0.15, -0.1) is 11.8 Å². The summed E-state index contributed by atoms with van der Waals surface area (Å²) in [6.45, 7) is 3.88. The van der Waals surface area contributed by atoms with Crippen molar-refractivity contribution in [2.75, 3.05) is 40.8 Å². The summed E-state index contributed by atoms with van der Waals surface area (Å²) in [5.41, 5.74) is 3.73. The first kappa shape index (κ1) is 37.5. The number of rotatable bonds is 19. The van der Waals surface area contributed by atoms with Gasteiger partial charge < -0.3 is 42.6 Å². The van der Waals surface area contributed by atoms with E-state index in [1.807, 2.05) is 97.1 Å². The molecular weight excluding hydrogens is 656 g/mol. The number of hydrogen-bond acceptors (Lipinski definition) is 10. The van der Waals surface area contributed by atoms with E-state index < -0.39 is 24.4 Å². The molecule has 4 aromatic rings. The third-order valence-corrected chi connectivity index (χ3v) is 9.48. The second-order valence-electron chi connectivity index (χ2n) is 11.7. The Morgan fingerprint density at radius 2 is 0.840 bits per heavy atom. The van der Waals surface area contributed by atoms with Gasteiger partial charge in [0.25, 0.3) is 0 Å². The zero-order chi connectivity index (χ0) is 35.1. The quantitative estimate of drug-likeness (QED) is 0.0981. The summed E-state index contributed by atoms with van der Waals surface area (Å²) < 4.78 is 54.8. The normalized spacial score (nSPS) is 20.3. The average molecular weight is 705 g/mol. The van der Waals surface area contributed by atoms with Gasteiger partial charge in [-0.05, 0) is 76.5 Å². The standard InChI is InChI=1S/C40H48O9S/c1-6-50-40-39(48-26-31-13-21-35(44-5)22-14-31)38(47-25-30-11-19-34(43-4)20-12-30)37(46-24-29-9-17-33(42-3)18-10-29)36(49-40)27-45-23-28-7-15-32(41-2)16-8-28/h7-22,36-40H,6,23-27H2,1-5H3/t36?,37-,38+,39?,40-/m0/s1. The first-order valence-corrected chi connectivity index (χ1v) is 17.8. The molecule has 0 saturated carbocycles. The minimum absolute atomic E-state index is 0.299. The molecule has 268 valence electrons. The molecule has 0 aromatic heterocycles. The number of benzene rings is 4. The van der Waals surface area contributed by atoms with Crippen molar-refractivity contribution in [2.24, 2.45) is 0 Å². The van der Waals surface area contributed by atoms with E-state index in [0.717, 1.165) is 51.0 Å². The zero-order valence-electron chi connectivity index (χ0n) is 29.4. The van der Waals surface area contributed by atoms with Crippen molar-refractivity contribution in [1.29, 1.82) is 0 Å². The van der Waals surface area contributed by atoms with Crippen LogP contribution in [0.1, 0.15) is 29.2 Å².